The molecule has 1 heterocycles. The van der Waals surface area contributed by atoms with E-state index in [2.05, 4.69) is 220 Å². The monoisotopic (exact) mass is 828 g/mol. The molecule has 0 N–H and O–H groups in total. The van der Waals surface area contributed by atoms with Gasteiger partial charge in [0.25, 0.3) is 0 Å². The fourth-order valence-electron chi connectivity index (χ4n) is 11.9. The Morgan fingerprint density at radius 3 is 1.64 bits per heavy atom. The normalized spacial score (nSPS) is 13.3. The first-order valence-corrected chi connectivity index (χ1v) is 23.2. The van der Waals surface area contributed by atoms with E-state index in [4.69, 9.17) is 0 Å². The van der Waals surface area contributed by atoms with Crippen molar-refractivity contribution in [1.82, 2.24) is 0 Å². The van der Waals surface area contributed by atoms with E-state index < -0.39 is 0 Å². The Morgan fingerprint density at radius 1 is 0.328 bits per heavy atom. The predicted molar refractivity (Wildman–Crippen MR) is 278 cm³/mol. The lowest BCUT2D eigenvalue weighted by Crippen LogP contribution is -2.16. The van der Waals surface area contributed by atoms with Crippen molar-refractivity contribution in [3.63, 3.8) is 0 Å². The van der Waals surface area contributed by atoms with Crippen molar-refractivity contribution in [2.75, 3.05) is 0 Å². The molecular formula is C63H40S. The highest BCUT2D eigenvalue weighted by molar-refractivity contribution is 7.27. The molecule has 0 radical (unpaired) electrons. The Labute approximate surface area is 375 Å². The van der Waals surface area contributed by atoms with Crippen LogP contribution in [0.4, 0.5) is 0 Å². The van der Waals surface area contributed by atoms with Gasteiger partial charge in [-0.1, -0.05) is 202 Å². The lowest BCUT2D eigenvalue weighted by atomic mass is 9.78. The second-order valence-corrected chi connectivity index (χ2v) is 19.3. The minimum Gasteiger partial charge on any atom is -0.134 e. The molecule has 0 fully saturated rings. The van der Waals surface area contributed by atoms with Crippen LogP contribution in [0.15, 0.2) is 206 Å². The van der Waals surface area contributed by atoms with Gasteiger partial charge >= 0.3 is 0 Å². The van der Waals surface area contributed by atoms with Crippen LogP contribution in [0.2, 0.25) is 0 Å². The molecule has 0 aliphatic heterocycles. The average molecular weight is 829 g/mol. The van der Waals surface area contributed by atoms with Crippen molar-refractivity contribution in [3.05, 3.63) is 217 Å². The molecule has 1 aliphatic rings. The fourth-order valence-corrected chi connectivity index (χ4v) is 13.1. The van der Waals surface area contributed by atoms with Crippen LogP contribution in [0.3, 0.4) is 0 Å². The molecule has 14 rings (SSSR count). The summed E-state index contributed by atoms with van der Waals surface area (Å²) in [4.78, 5) is 0. The van der Waals surface area contributed by atoms with E-state index in [1.165, 1.54) is 140 Å². The van der Waals surface area contributed by atoms with Gasteiger partial charge in [0, 0.05) is 31.0 Å². The molecular weight excluding hydrogens is 789 g/mol. The molecule has 13 aromatic rings. The van der Waals surface area contributed by atoms with E-state index in [1.54, 1.807) is 0 Å². The second kappa shape index (κ2) is 13.2. The van der Waals surface area contributed by atoms with Crippen molar-refractivity contribution in [2.24, 2.45) is 0 Å². The lowest BCUT2D eigenvalue weighted by molar-refractivity contribution is 0.662. The molecule has 1 aliphatic carbocycles. The van der Waals surface area contributed by atoms with Gasteiger partial charge in [-0.2, -0.15) is 0 Å². The molecule has 0 saturated carbocycles. The zero-order valence-corrected chi connectivity index (χ0v) is 36.4. The van der Waals surface area contributed by atoms with Crippen LogP contribution in [0.25, 0.3) is 129 Å². The van der Waals surface area contributed by atoms with Crippen LogP contribution in [0, 0.1) is 0 Å². The first kappa shape index (κ1) is 36.0. The zero-order chi connectivity index (χ0) is 42.3. The Bertz CT molecular complexity index is 4100. The van der Waals surface area contributed by atoms with Gasteiger partial charge in [-0.25, -0.2) is 0 Å². The smallest absolute Gasteiger partial charge is 0.0440 e. The molecule has 0 amide bonds. The highest BCUT2D eigenvalue weighted by atomic mass is 32.1. The summed E-state index contributed by atoms with van der Waals surface area (Å²) in [5.74, 6) is 0. The van der Waals surface area contributed by atoms with Gasteiger partial charge in [-0.3, -0.25) is 0 Å². The van der Waals surface area contributed by atoms with Gasteiger partial charge in [0.15, 0.2) is 0 Å². The minimum atomic E-state index is -0.199. The molecule has 64 heavy (non-hydrogen) atoms. The third kappa shape index (κ3) is 4.88. The van der Waals surface area contributed by atoms with Gasteiger partial charge in [-0.15, -0.1) is 11.3 Å². The zero-order valence-electron chi connectivity index (χ0n) is 35.5. The van der Waals surface area contributed by atoms with Gasteiger partial charge < -0.3 is 0 Å². The highest BCUT2D eigenvalue weighted by Gasteiger charge is 2.38. The molecule has 0 atom stereocenters. The van der Waals surface area contributed by atoms with Crippen molar-refractivity contribution in [2.45, 2.75) is 19.3 Å². The van der Waals surface area contributed by atoms with Crippen LogP contribution in [-0.4, -0.2) is 0 Å². The minimum absolute atomic E-state index is 0.199. The molecule has 298 valence electrons. The standard InChI is InChI=1S/C63H40S/c1-63(2)55-33-30-40(57-47-22-9-11-24-49(47)58(50-25-12-10-23-48(50)57)45-27-13-17-37-15-3-5-18-41(37)45)36-54(55)51-28-14-26-43(61(51)63)39-29-32-52-53(35-39)44-20-7-8-21-46(44)60-59-42-19-6-4-16-38(42)31-34-56(59)64-62(52)60/h3-36H,1-2H3. The Morgan fingerprint density at radius 2 is 0.891 bits per heavy atom. The summed E-state index contributed by atoms with van der Waals surface area (Å²) >= 11 is 1.93. The Hall–Kier alpha value is -7.58. The summed E-state index contributed by atoms with van der Waals surface area (Å²) in [5, 5.41) is 18.3. The number of hydrogen-bond donors (Lipinski definition) is 0. The summed E-state index contributed by atoms with van der Waals surface area (Å²) in [5.41, 5.74) is 12.9. The summed E-state index contributed by atoms with van der Waals surface area (Å²) < 4.78 is 2.72. The molecule has 0 unspecified atom stereocenters. The molecule has 0 bridgehead atoms. The van der Waals surface area contributed by atoms with E-state index in [9.17, 15) is 0 Å². The summed E-state index contributed by atoms with van der Waals surface area (Å²) in [6.07, 6.45) is 0. The maximum atomic E-state index is 2.49. The largest absolute Gasteiger partial charge is 0.134 e. The van der Waals surface area contributed by atoms with Crippen LogP contribution >= 0.6 is 11.3 Å². The van der Waals surface area contributed by atoms with E-state index in [0.717, 1.165) is 0 Å². The van der Waals surface area contributed by atoms with Crippen LogP contribution in [0.5, 0.6) is 0 Å². The van der Waals surface area contributed by atoms with Crippen molar-refractivity contribution >= 4 is 96.1 Å². The van der Waals surface area contributed by atoms with E-state index >= 15 is 0 Å². The van der Waals surface area contributed by atoms with E-state index in [-0.39, 0.29) is 5.41 Å². The molecule has 12 aromatic carbocycles. The third-order valence-electron chi connectivity index (χ3n) is 14.6. The molecule has 1 aromatic heterocycles. The SMILES string of the molecule is CC1(C)c2ccc(-c3c4ccccc4c(-c4cccc5ccccc45)c4ccccc34)cc2-c2cccc(-c3ccc4c(c3)c3ccccc3c3c4sc4ccc5ccccc5c43)c21. The first-order valence-electron chi connectivity index (χ1n) is 22.4. The lowest BCUT2D eigenvalue weighted by Gasteiger charge is -2.25. The first-order chi connectivity index (χ1) is 31.5. The van der Waals surface area contributed by atoms with Crippen molar-refractivity contribution < 1.29 is 0 Å². The molecule has 0 nitrogen and oxygen atoms in total. The quantitative estimate of drug-likeness (QED) is 0.123. The van der Waals surface area contributed by atoms with Crippen molar-refractivity contribution in [3.8, 4) is 44.5 Å². The molecule has 1 heteroatoms. The maximum Gasteiger partial charge on any atom is 0.0440 e. The van der Waals surface area contributed by atoms with Gasteiger partial charge in [-0.05, 0) is 133 Å². The number of benzene rings is 12. The van der Waals surface area contributed by atoms with Crippen LogP contribution in [-0.2, 0) is 5.41 Å². The maximum absolute atomic E-state index is 2.49. The Balaban J connectivity index is 0.969. The third-order valence-corrected chi connectivity index (χ3v) is 15.8. The topological polar surface area (TPSA) is 0 Å². The highest BCUT2D eigenvalue weighted by Crippen LogP contribution is 2.55. The van der Waals surface area contributed by atoms with Crippen molar-refractivity contribution in [1.29, 1.82) is 0 Å². The Kier molecular flexibility index (Phi) is 7.43. The van der Waals surface area contributed by atoms with Gasteiger partial charge in [0.2, 0.25) is 0 Å². The number of fused-ring (bicyclic) bond motifs is 16. The fraction of sp³-hybridized carbons (Fsp3) is 0.0476. The van der Waals surface area contributed by atoms with Gasteiger partial charge in [0.05, 0.1) is 0 Å². The predicted octanol–water partition coefficient (Wildman–Crippen LogP) is 18.3. The van der Waals surface area contributed by atoms with E-state index in [1.807, 2.05) is 11.3 Å². The molecule has 0 spiro atoms. The number of thiophene rings is 1. The number of hydrogen-bond acceptors (Lipinski definition) is 1. The van der Waals surface area contributed by atoms with E-state index in [0.29, 0.717) is 0 Å². The van der Waals surface area contributed by atoms with Crippen LogP contribution in [0.1, 0.15) is 25.0 Å². The summed E-state index contributed by atoms with van der Waals surface area (Å²) in [6.45, 7) is 4.85. The number of rotatable bonds is 3. The average Bonchev–Trinajstić information content (AvgIpc) is 3.86. The van der Waals surface area contributed by atoms with Gasteiger partial charge in [0.1, 0.15) is 0 Å². The summed E-state index contributed by atoms with van der Waals surface area (Å²) in [6, 6.07) is 77.7. The summed E-state index contributed by atoms with van der Waals surface area (Å²) in [7, 11) is 0. The molecule has 0 saturated heterocycles. The second-order valence-electron chi connectivity index (χ2n) is 18.3. The van der Waals surface area contributed by atoms with Crippen LogP contribution < -0.4 is 0 Å².